The van der Waals surface area contributed by atoms with Gasteiger partial charge in [0.05, 0.1) is 24.7 Å². The molecule has 0 bridgehead atoms. The molecule has 166 valence electrons. The number of fused-ring (bicyclic) bond motifs is 3. The predicted molar refractivity (Wildman–Crippen MR) is 117 cm³/mol. The van der Waals surface area contributed by atoms with Crippen LogP contribution in [0.4, 0.5) is 0 Å². The highest BCUT2D eigenvalue weighted by Crippen LogP contribution is 2.66. The van der Waals surface area contributed by atoms with Crippen LogP contribution in [0.2, 0.25) is 18.1 Å². The molecule has 0 amide bonds. The van der Waals surface area contributed by atoms with Crippen molar-refractivity contribution in [3.8, 4) is 0 Å². The maximum Gasteiger partial charge on any atom is 0.192 e. The summed E-state index contributed by atoms with van der Waals surface area (Å²) in [4.78, 5) is 12.5. The fraction of sp³-hybridized carbons (Fsp3) is 0.958. The molecular weight excluding hydrogens is 380 g/mol. The third-order valence-electron chi connectivity index (χ3n) is 9.99. The van der Waals surface area contributed by atoms with Crippen molar-refractivity contribution < 1.29 is 18.7 Å². The van der Waals surface area contributed by atoms with Crippen molar-refractivity contribution in [3.63, 3.8) is 0 Å². The average Bonchev–Trinajstić information content (AvgIpc) is 3.23. The van der Waals surface area contributed by atoms with Crippen molar-refractivity contribution in [3.05, 3.63) is 0 Å². The van der Waals surface area contributed by atoms with Crippen LogP contribution in [0, 0.1) is 28.6 Å². The first-order valence-corrected chi connectivity index (χ1v) is 14.7. The molecule has 1 heterocycles. The predicted octanol–water partition coefficient (Wildman–Crippen LogP) is 5.56. The smallest absolute Gasteiger partial charge is 0.192 e. The van der Waals surface area contributed by atoms with Crippen LogP contribution in [0.1, 0.15) is 73.1 Å². The van der Waals surface area contributed by atoms with E-state index in [4.69, 9.17) is 13.9 Å². The van der Waals surface area contributed by atoms with E-state index >= 15 is 0 Å². The fourth-order valence-electron chi connectivity index (χ4n) is 7.11. The zero-order valence-electron chi connectivity index (χ0n) is 19.7. The standard InChI is InChI=1S/C24H42O4Si/c1-21(2,3)29(6,7)28-20-9-8-18-17-10-13-24(26-14-15-27-24)23(5,16-25)19(17)11-12-22(18,20)4/h16-20H,8-15H2,1-7H3/t17-,18-,19-,20-,22-,23+/m0/s1. The van der Waals surface area contributed by atoms with Crippen LogP contribution < -0.4 is 0 Å². The molecule has 4 nitrogen and oxygen atoms in total. The highest BCUT2D eigenvalue weighted by molar-refractivity contribution is 6.74. The van der Waals surface area contributed by atoms with Crippen LogP contribution in [0.15, 0.2) is 0 Å². The minimum atomic E-state index is -1.79. The molecule has 1 saturated heterocycles. The van der Waals surface area contributed by atoms with Gasteiger partial charge in [-0.2, -0.15) is 0 Å². The zero-order chi connectivity index (χ0) is 21.3. The molecule has 0 unspecified atom stereocenters. The van der Waals surface area contributed by atoms with Gasteiger partial charge in [-0.3, -0.25) is 0 Å². The van der Waals surface area contributed by atoms with Crippen LogP contribution in [0.5, 0.6) is 0 Å². The van der Waals surface area contributed by atoms with Gasteiger partial charge in [0.15, 0.2) is 14.1 Å². The fourth-order valence-corrected chi connectivity index (χ4v) is 8.56. The second-order valence-electron chi connectivity index (χ2n) is 12.3. The Morgan fingerprint density at radius 3 is 2.21 bits per heavy atom. The largest absolute Gasteiger partial charge is 0.413 e. The van der Waals surface area contributed by atoms with E-state index in [2.05, 4.69) is 47.7 Å². The molecule has 0 radical (unpaired) electrons. The van der Waals surface area contributed by atoms with Crippen molar-refractivity contribution in [1.82, 2.24) is 0 Å². The van der Waals surface area contributed by atoms with Crippen LogP contribution in [-0.2, 0) is 18.7 Å². The lowest BCUT2D eigenvalue weighted by atomic mass is 9.49. The van der Waals surface area contributed by atoms with Gasteiger partial charge in [0.1, 0.15) is 6.29 Å². The summed E-state index contributed by atoms with van der Waals surface area (Å²) in [7, 11) is -1.79. The SMILES string of the molecule is CC(C)(C)[Si](C)(C)O[C@H]1CC[C@H]2[C@@H]3CCC4(OCCO4)[C@](C)(C=O)[C@H]3CC[C@]12C. The summed E-state index contributed by atoms with van der Waals surface area (Å²) < 4.78 is 19.3. The Labute approximate surface area is 178 Å². The van der Waals surface area contributed by atoms with Gasteiger partial charge in [-0.1, -0.05) is 27.7 Å². The Morgan fingerprint density at radius 1 is 0.966 bits per heavy atom. The molecule has 1 aliphatic heterocycles. The molecular formula is C24H42O4Si. The van der Waals surface area contributed by atoms with E-state index < -0.39 is 19.5 Å². The molecule has 1 spiro atoms. The summed E-state index contributed by atoms with van der Waals surface area (Å²) in [6, 6.07) is 0. The molecule has 0 N–H and O–H groups in total. The number of rotatable bonds is 3. The highest BCUT2D eigenvalue weighted by Gasteiger charge is 2.66. The molecule has 4 rings (SSSR count). The first-order valence-electron chi connectivity index (χ1n) is 11.8. The van der Waals surface area contributed by atoms with Gasteiger partial charge in [-0.25, -0.2) is 0 Å². The van der Waals surface area contributed by atoms with Gasteiger partial charge in [0.25, 0.3) is 0 Å². The number of aldehydes is 1. The second kappa shape index (κ2) is 6.88. The van der Waals surface area contributed by atoms with E-state index in [-0.39, 0.29) is 10.5 Å². The van der Waals surface area contributed by atoms with E-state index in [1.807, 2.05) is 0 Å². The van der Waals surface area contributed by atoms with Crippen LogP contribution in [0.3, 0.4) is 0 Å². The average molecular weight is 423 g/mol. The Kier molecular flexibility index (Phi) is 5.22. The molecule has 0 aromatic heterocycles. The minimum absolute atomic E-state index is 0.238. The van der Waals surface area contributed by atoms with Crippen molar-refractivity contribution in [1.29, 1.82) is 0 Å². The molecule has 29 heavy (non-hydrogen) atoms. The first kappa shape index (κ1) is 22.0. The molecule has 0 aromatic rings. The van der Waals surface area contributed by atoms with Gasteiger partial charge in [0, 0.05) is 6.42 Å². The van der Waals surface area contributed by atoms with Crippen molar-refractivity contribution in [2.45, 2.75) is 103 Å². The number of hydrogen-bond acceptors (Lipinski definition) is 4. The van der Waals surface area contributed by atoms with Gasteiger partial charge in [-0.15, -0.1) is 0 Å². The molecule has 3 saturated carbocycles. The number of carbonyl (C=O) groups excluding carboxylic acids is 1. The lowest BCUT2D eigenvalue weighted by Crippen LogP contribution is -2.62. The third-order valence-corrected chi connectivity index (χ3v) is 14.5. The molecule has 4 aliphatic rings. The van der Waals surface area contributed by atoms with Crippen molar-refractivity contribution in [2.75, 3.05) is 13.2 Å². The maximum atomic E-state index is 12.5. The summed E-state index contributed by atoms with van der Waals surface area (Å²) >= 11 is 0. The van der Waals surface area contributed by atoms with Gasteiger partial charge in [-0.05, 0) is 80.3 Å². The molecule has 6 atom stereocenters. The Balaban J connectivity index is 1.59. The third kappa shape index (κ3) is 3.05. The van der Waals surface area contributed by atoms with Gasteiger partial charge < -0.3 is 18.7 Å². The van der Waals surface area contributed by atoms with Crippen LogP contribution in [-0.4, -0.2) is 39.7 Å². The maximum absolute atomic E-state index is 12.5. The quantitative estimate of drug-likeness (QED) is 0.441. The van der Waals surface area contributed by atoms with Crippen LogP contribution in [0.25, 0.3) is 0 Å². The normalized spacial score (nSPS) is 44.5. The summed E-state index contributed by atoms with van der Waals surface area (Å²) in [5.74, 6) is 0.903. The van der Waals surface area contributed by atoms with Gasteiger partial charge >= 0.3 is 0 Å². The Morgan fingerprint density at radius 2 is 1.62 bits per heavy atom. The van der Waals surface area contributed by atoms with Crippen molar-refractivity contribution in [2.24, 2.45) is 28.6 Å². The molecule has 3 aliphatic carbocycles. The topological polar surface area (TPSA) is 44.8 Å². The van der Waals surface area contributed by atoms with E-state index in [0.717, 1.165) is 25.7 Å². The Hall–Kier alpha value is -0.233. The van der Waals surface area contributed by atoms with Crippen LogP contribution >= 0.6 is 0 Å². The summed E-state index contributed by atoms with van der Waals surface area (Å²) in [6.45, 7) is 17.6. The van der Waals surface area contributed by atoms with Crippen molar-refractivity contribution >= 4 is 14.6 Å². The number of carbonyl (C=O) groups is 1. The van der Waals surface area contributed by atoms with E-state index in [1.54, 1.807) is 0 Å². The molecule has 0 aromatic carbocycles. The molecule has 4 fully saturated rings. The zero-order valence-corrected chi connectivity index (χ0v) is 20.7. The number of hydrogen-bond donors (Lipinski definition) is 0. The lowest BCUT2D eigenvalue weighted by molar-refractivity contribution is -0.274. The molecule has 5 heteroatoms. The van der Waals surface area contributed by atoms with E-state index in [1.165, 1.54) is 19.1 Å². The Bertz CT molecular complexity index is 650. The summed E-state index contributed by atoms with van der Waals surface area (Å²) in [6.07, 6.45) is 8.15. The second-order valence-corrected chi connectivity index (χ2v) is 17.0. The highest BCUT2D eigenvalue weighted by atomic mass is 28.4. The first-order chi connectivity index (χ1) is 13.4. The lowest BCUT2D eigenvalue weighted by Gasteiger charge is -2.59. The summed E-state index contributed by atoms with van der Waals surface area (Å²) in [5.41, 5.74) is -0.297. The minimum Gasteiger partial charge on any atom is -0.413 e. The summed E-state index contributed by atoms with van der Waals surface area (Å²) in [5, 5.41) is 0.239. The monoisotopic (exact) mass is 422 g/mol. The van der Waals surface area contributed by atoms with E-state index in [9.17, 15) is 4.79 Å². The van der Waals surface area contributed by atoms with Gasteiger partial charge in [0.2, 0.25) is 0 Å². The number of ether oxygens (including phenoxy) is 2. The van der Waals surface area contributed by atoms with E-state index in [0.29, 0.717) is 37.1 Å².